The predicted molar refractivity (Wildman–Crippen MR) is 68.6 cm³/mol. The first-order chi connectivity index (χ1) is 9.19. The largest absolute Gasteiger partial charge is 0.450 e. The van der Waals surface area contributed by atoms with Gasteiger partial charge >= 0.3 is 6.09 Å². The summed E-state index contributed by atoms with van der Waals surface area (Å²) < 4.78 is 10.1. The Bertz CT molecular complexity index is 554. The van der Waals surface area contributed by atoms with Crippen LogP contribution in [0.1, 0.15) is 12.8 Å². The first-order valence-corrected chi connectivity index (χ1v) is 6.05. The molecule has 1 N–H and O–H groups in total. The number of alkyl carbamates (subject to hydrolysis) is 1. The molecule has 7 heteroatoms. The molecule has 0 atom stereocenters. The molecule has 1 aromatic carbocycles. The Kier molecular flexibility index (Phi) is 4.35. The number of aromatic nitrogens is 2. The number of ether oxygens (including phenoxy) is 1. The predicted octanol–water partition coefficient (Wildman–Crippen LogP) is 2.64. The van der Waals surface area contributed by atoms with Crippen LogP contribution in [0.5, 0.6) is 0 Å². The molecule has 2 aromatic rings. The molecule has 2 rings (SSSR count). The summed E-state index contributed by atoms with van der Waals surface area (Å²) in [6.07, 6.45) is -0.520. The highest BCUT2D eigenvalue weighted by atomic mass is 35.5. The highest BCUT2D eigenvalue weighted by molar-refractivity contribution is 6.30. The van der Waals surface area contributed by atoms with Crippen LogP contribution in [0.2, 0.25) is 5.02 Å². The average Bonchev–Trinajstić information content (AvgIpc) is 2.86. The second-order valence-corrected chi connectivity index (χ2v) is 4.02. The van der Waals surface area contributed by atoms with Gasteiger partial charge in [-0.15, -0.1) is 10.2 Å². The van der Waals surface area contributed by atoms with Gasteiger partial charge in [0.2, 0.25) is 11.8 Å². The Morgan fingerprint density at radius 1 is 1.37 bits per heavy atom. The highest BCUT2D eigenvalue weighted by Crippen LogP contribution is 2.19. The van der Waals surface area contributed by atoms with E-state index in [4.69, 9.17) is 20.8 Å². The lowest BCUT2D eigenvalue weighted by molar-refractivity contribution is 0.150. The standard InChI is InChI=1S/C12H12ClN3O3/c1-2-18-12(17)14-7-10-15-16-11(19-10)8-3-5-9(13)6-4-8/h3-6H,2,7H2,1H3,(H,14,17). The van der Waals surface area contributed by atoms with E-state index in [9.17, 15) is 4.79 Å². The number of amides is 1. The maximum atomic E-state index is 11.1. The van der Waals surface area contributed by atoms with Crippen LogP contribution in [-0.2, 0) is 11.3 Å². The molecule has 0 radical (unpaired) electrons. The summed E-state index contributed by atoms with van der Waals surface area (Å²) in [5.74, 6) is 0.676. The zero-order valence-corrected chi connectivity index (χ0v) is 11.0. The van der Waals surface area contributed by atoms with Gasteiger partial charge in [0.25, 0.3) is 0 Å². The number of nitrogens with zero attached hydrogens (tertiary/aromatic N) is 2. The van der Waals surface area contributed by atoms with Crippen LogP contribution in [0.25, 0.3) is 11.5 Å². The third kappa shape index (κ3) is 3.69. The molecule has 0 saturated heterocycles. The van der Waals surface area contributed by atoms with Crippen molar-refractivity contribution >= 4 is 17.7 Å². The van der Waals surface area contributed by atoms with Crippen molar-refractivity contribution in [3.63, 3.8) is 0 Å². The summed E-state index contributed by atoms with van der Waals surface area (Å²) >= 11 is 5.79. The van der Waals surface area contributed by atoms with Crippen LogP contribution in [0.4, 0.5) is 4.79 Å². The molecule has 0 aliphatic heterocycles. The molecular weight excluding hydrogens is 270 g/mol. The number of hydrogen-bond acceptors (Lipinski definition) is 5. The first kappa shape index (κ1) is 13.4. The van der Waals surface area contributed by atoms with Crippen molar-refractivity contribution in [3.8, 4) is 11.5 Å². The molecule has 0 saturated carbocycles. The van der Waals surface area contributed by atoms with Gasteiger partial charge < -0.3 is 14.5 Å². The first-order valence-electron chi connectivity index (χ1n) is 5.68. The number of rotatable bonds is 4. The SMILES string of the molecule is CCOC(=O)NCc1nnc(-c2ccc(Cl)cc2)o1. The van der Waals surface area contributed by atoms with Crippen LogP contribution in [0.3, 0.4) is 0 Å². The van der Waals surface area contributed by atoms with E-state index in [2.05, 4.69) is 15.5 Å². The molecule has 0 bridgehead atoms. The van der Waals surface area contributed by atoms with Crippen molar-refractivity contribution in [3.05, 3.63) is 35.2 Å². The van der Waals surface area contributed by atoms with E-state index >= 15 is 0 Å². The smallest absolute Gasteiger partial charge is 0.407 e. The number of nitrogens with one attached hydrogen (secondary N) is 1. The third-order valence-electron chi connectivity index (χ3n) is 2.22. The Hall–Kier alpha value is -2.08. The molecule has 0 fully saturated rings. The Labute approximate surface area is 114 Å². The van der Waals surface area contributed by atoms with E-state index < -0.39 is 6.09 Å². The van der Waals surface area contributed by atoms with Crippen LogP contribution >= 0.6 is 11.6 Å². The van der Waals surface area contributed by atoms with Gasteiger partial charge in [0, 0.05) is 10.6 Å². The third-order valence-corrected chi connectivity index (χ3v) is 2.47. The van der Waals surface area contributed by atoms with E-state index in [0.29, 0.717) is 23.4 Å². The van der Waals surface area contributed by atoms with E-state index in [1.807, 2.05) is 0 Å². The zero-order valence-electron chi connectivity index (χ0n) is 10.2. The van der Waals surface area contributed by atoms with Crippen LogP contribution in [-0.4, -0.2) is 22.9 Å². The number of hydrogen-bond donors (Lipinski definition) is 1. The van der Waals surface area contributed by atoms with Gasteiger partial charge in [-0.3, -0.25) is 0 Å². The van der Waals surface area contributed by atoms with Crippen LogP contribution in [0.15, 0.2) is 28.7 Å². The van der Waals surface area contributed by atoms with Crippen molar-refractivity contribution in [1.82, 2.24) is 15.5 Å². The van der Waals surface area contributed by atoms with Crippen LogP contribution in [0, 0.1) is 0 Å². The summed E-state index contributed by atoms with van der Waals surface area (Å²) in [5, 5.41) is 10.8. The molecule has 0 spiro atoms. The fourth-order valence-electron chi connectivity index (χ4n) is 1.36. The number of halogens is 1. The number of benzene rings is 1. The van der Waals surface area contributed by atoms with E-state index in [-0.39, 0.29) is 6.54 Å². The Balaban J connectivity index is 1.99. The lowest BCUT2D eigenvalue weighted by Crippen LogP contribution is -2.23. The highest BCUT2D eigenvalue weighted by Gasteiger charge is 2.09. The summed E-state index contributed by atoms with van der Waals surface area (Å²) in [5.41, 5.74) is 0.763. The maximum absolute atomic E-state index is 11.1. The zero-order chi connectivity index (χ0) is 13.7. The van der Waals surface area contributed by atoms with Gasteiger partial charge in [-0.2, -0.15) is 0 Å². The second kappa shape index (κ2) is 6.19. The molecule has 0 aliphatic rings. The van der Waals surface area contributed by atoms with E-state index in [0.717, 1.165) is 5.56 Å². The molecule has 1 aromatic heterocycles. The minimum absolute atomic E-state index is 0.124. The van der Waals surface area contributed by atoms with Gasteiger partial charge in [-0.1, -0.05) is 11.6 Å². The van der Waals surface area contributed by atoms with Gasteiger partial charge in [0.15, 0.2) is 0 Å². The van der Waals surface area contributed by atoms with Gasteiger partial charge in [-0.25, -0.2) is 4.79 Å². The molecule has 6 nitrogen and oxygen atoms in total. The number of carbonyl (C=O) groups is 1. The van der Waals surface area contributed by atoms with Gasteiger partial charge in [-0.05, 0) is 31.2 Å². The molecule has 19 heavy (non-hydrogen) atoms. The van der Waals surface area contributed by atoms with Crippen molar-refractivity contribution < 1.29 is 13.9 Å². The monoisotopic (exact) mass is 281 g/mol. The molecule has 0 unspecified atom stereocenters. The Morgan fingerprint density at radius 3 is 2.79 bits per heavy atom. The Morgan fingerprint density at radius 2 is 2.11 bits per heavy atom. The summed E-state index contributed by atoms with van der Waals surface area (Å²) in [7, 11) is 0. The molecule has 100 valence electrons. The minimum atomic E-state index is -0.520. The maximum Gasteiger partial charge on any atom is 0.407 e. The second-order valence-electron chi connectivity index (χ2n) is 3.58. The fraction of sp³-hybridized carbons (Fsp3) is 0.250. The van der Waals surface area contributed by atoms with Gasteiger partial charge in [0.05, 0.1) is 13.2 Å². The molecule has 1 heterocycles. The lowest BCUT2D eigenvalue weighted by atomic mass is 10.2. The van der Waals surface area contributed by atoms with Crippen molar-refractivity contribution in [2.45, 2.75) is 13.5 Å². The minimum Gasteiger partial charge on any atom is -0.450 e. The van der Waals surface area contributed by atoms with E-state index in [1.54, 1.807) is 31.2 Å². The topological polar surface area (TPSA) is 77.2 Å². The van der Waals surface area contributed by atoms with Crippen molar-refractivity contribution in [2.24, 2.45) is 0 Å². The van der Waals surface area contributed by atoms with Crippen LogP contribution < -0.4 is 5.32 Å². The quantitative estimate of drug-likeness (QED) is 0.932. The van der Waals surface area contributed by atoms with Crippen molar-refractivity contribution in [2.75, 3.05) is 6.61 Å². The molecule has 0 aliphatic carbocycles. The fourth-order valence-corrected chi connectivity index (χ4v) is 1.49. The van der Waals surface area contributed by atoms with Crippen molar-refractivity contribution in [1.29, 1.82) is 0 Å². The summed E-state index contributed by atoms with van der Waals surface area (Å²) in [6.45, 7) is 2.16. The normalized spacial score (nSPS) is 10.2. The lowest BCUT2D eigenvalue weighted by Gasteiger charge is -2.01. The summed E-state index contributed by atoms with van der Waals surface area (Å²) in [4.78, 5) is 11.1. The average molecular weight is 282 g/mol. The number of carbonyl (C=O) groups excluding carboxylic acids is 1. The molecular formula is C12H12ClN3O3. The molecule has 1 amide bonds. The van der Waals surface area contributed by atoms with Gasteiger partial charge in [0.1, 0.15) is 0 Å². The van der Waals surface area contributed by atoms with E-state index in [1.165, 1.54) is 0 Å². The summed E-state index contributed by atoms with van der Waals surface area (Å²) in [6, 6.07) is 7.02.